The number of nitrogens with one attached hydrogen (secondary N) is 1. The molecule has 1 aromatic carbocycles. The van der Waals surface area contributed by atoms with E-state index in [0.29, 0.717) is 0 Å². The van der Waals surface area contributed by atoms with Crippen LogP contribution < -0.4 is 5.32 Å². The summed E-state index contributed by atoms with van der Waals surface area (Å²) in [5.41, 5.74) is 1.22. The average molecular weight is 323 g/mol. The second-order valence-electron chi connectivity index (χ2n) is 6.20. The first kappa shape index (κ1) is 17.3. The van der Waals surface area contributed by atoms with Crippen molar-refractivity contribution in [3.05, 3.63) is 34.9 Å². The quantitative estimate of drug-likeness (QED) is 0.773. The van der Waals surface area contributed by atoms with Gasteiger partial charge in [0.05, 0.1) is 5.92 Å². The van der Waals surface area contributed by atoms with Gasteiger partial charge in [0.15, 0.2) is 0 Å². The van der Waals surface area contributed by atoms with Crippen LogP contribution in [0, 0.1) is 5.92 Å². The molecule has 0 saturated carbocycles. The van der Waals surface area contributed by atoms with Crippen LogP contribution in [-0.2, 0) is 11.3 Å². The summed E-state index contributed by atoms with van der Waals surface area (Å²) in [6.07, 6.45) is 5.55. The number of hydrogen-bond donors (Lipinski definition) is 1. The normalized spacial score (nSPS) is 19.1. The zero-order chi connectivity index (χ0) is 15.8. The molecule has 1 amide bonds. The molecule has 0 spiro atoms. The Bertz CT molecular complexity index is 478. The van der Waals surface area contributed by atoms with Crippen LogP contribution in [0.25, 0.3) is 0 Å². The highest BCUT2D eigenvalue weighted by atomic mass is 35.5. The molecule has 22 heavy (non-hydrogen) atoms. The number of likely N-dealkylation sites (tertiary alicyclic amines) is 1. The van der Waals surface area contributed by atoms with E-state index in [1.165, 1.54) is 18.4 Å². The van der Waals surface area contributed by atoms with Gasteiger partial charge in [0.2, 0.25) is 5.91 Å². The van der Waals surface area contributed by atoms with Crippen molar-refractivity contribution in [3.8, 4) is 0 Å². The number of piperidine rings is 1. The average Bonchev–Trinajstić information content (AvgIpc) is 2.52. The fourth-order valence-corrected chi connectivity index (χ4v) is 3.25. The largest absolute Gasteiger partial charge is 0.356 e. The van der Waals surface area contributed by atoms with Gasteiger partial charge in [-0.25, -0.2) is 0 Å². The fourth-order valence-electron chi connectivity index (χ4n) is 3.04. The Kier molecular flexibility index (Phi) is 7.20. The van der Waals surface area contributed by atoms with E-state index in [9.17, 15) is 4.79 Å². The van der Waals surface area contributed by atoms with Gasteiger partial charge in [0.1, 0.15) is 0 Å². The number of benzene rings is 1. The highest BCUT2D eigenvalue weighted by Gasteiger charge is 2.25. The molecular formula is C18H27ClN2O. The lowest BCUT2D eigenvalue weighted by Crippen LogP contribution is -2.42. The maximum absolute atomic E-state index is 12.3. The Morgan fingerprint density at radius 1 is 1.41 bits per heavy atom. The Hall–Kier alpha value is -1.06. The van der Waals surface area contributed by atoms with Crippen LogP contribution >= 0.6 is 11.6 Å². The van der Waals surface area contributed by atoms with Gasteiger partial charge in [0.25, 0.3) is 0 Å². The fraction of sp³-hybridized carbons (Fsp3) is 0.611. The molecule has 122 valence electrons. The number of carbonyl (C=O) groups excluding carboxylic acids is 1. The third-order valence-electron chi connectivity index (χ3n) is 4.25. The van der Waals surface area contributed by atoms with Gasteiger partial charge >= 0.3 is 0 Å². The van der Waals surface area contributed by atoms with E-state index in [4.69, 9.17) is 11.6 Å². The lowest BCUT2D eigenvalue weighted by molar-refractivity contribution is -0.126. The first-order valence-corrected chi connectivity index (χ1v) is 8.81. The van der Waals surface area contributed by atoms with E-state index in [0.717, 1.165) is 50.5 Å². The van der Waals surface area contributed by atoms with E-state index in [-0.39, 0.29) is 11.8 Å². The molecule has 0 bridgehead atoms. The van der Waals surface area contributed by atoms with Gasteiger partial charge in [0, 0.05) is 24.7 Å². The zero-order valence-corrected chi connectivity index (χ0v) is 14.2. The molecule has 1 saturated heterocycles. The van der Waals surface area contributed by atoms with Crippen molar-refractivity contribution in [3.63, 3.8) is 0 Å². The predicted molar refractivity (Wildman–Crippen MR) is 92.0 cm³/mol. The lowest BCUT2D eigenvalue weighted by atomic mass is 9.96. The first-order valence-electron chi connectivity index (χ1n) is 8.43. The summed E-state index contributed by atoms with van der Waals surface area (Å²) >= 11 is 6.04. The summed E-state index contributed by atoms with van der Waals surface area (Å²) in [5.74, 6) is 0.362. The summed E-state index contributed by atoms with van der Waals surface area (Å²) < 4.78 is 0. The first-order chi connectivity index (χ1) is 10.7. The van der Waals surface area contributed by atoms with Crippen molar-refractivity contribution in [1.29, 1.82) is 0 Å². The highest BCUT2D eigenvalue weighted by molar-refractivity contribution is 6.30. The van der Waals surface area contributed by atoms with Crippen LogP contribution in [0.1, 0.15) is 44.6 Å². The zero-order valence-electron chi connectivity index (χ0n) is 13.5. The number of nitrogens with zero attached hydrogens (tertiary/aromatic N) is 1. The smallest absolute Gasteiger partial charge is 0.224 e. The molecule has 0 radical (unpaired) electrons. The topological polar surface area (TPSA) is 32.3 Å². The Balaban J connectivity index is 1.79. The minimum absolute atomic E-state index is 0.134. The lowest BCUT2D eigenvalue weighted by Gasteiger charge is -2.32. The maximum Gasteiger partial charge on any atom is 0.224 e. The van der Waals surface area contributed by atoms with Crippen LogP contribution in [0.5, 0.6) is 0 Å². The third-order valence-corrected chi connectivity index (χ3v) is 4.49. The predicted octanol–water partition coefficient (Wildman–Crippen LogP) is 3.86. The SMILES string of the molecule is CCCCCNC(=O)C1CCCN(Cc2cccc(Cl)c2)C1. The molecule has 2 rings (SSSR count). The molecular weight excluding hydrogens is 296 g/mol. The minimum atomic E-state index is 0.134. The number of unbranched alkanes of at least 4 members (excludes halogenated alkanes) is 2. The van der Waals surface area contributed by atoms with Crippen molar-refractivity contribution in [2.24, 2.45) is 5.92 Å². The molecule has 3 nitrogen and oxygen atoms in total. The molecule has 0 aromatic heterocycles. The van der Waals surface area contributed by atoms with Crippen molar-refractivity contribution in [1.82, 2.24) is 10.2 Å². The van der Waals surface area contributed by atoms with Gasteiger partial charge < -0.3 is 5.32 Å². The summed E-state index contributed by atoms with van der Waals surface area (Å²) in [7, 11) is 0. The Labute approximate surface area is 139 Å². The molecule has 1 aromatic rings. The molecule has 1 fully saturated rings. The molecule has 1 heterocycles. The Morgan fingerprint density at radius 3 is 3.05 bits per heavy atom. The van der Waals surface area contributed by atoms with Crippen molar-refractivity contribution < 1.29 is 4.79 Å². The van der Waals surface area contributed by atoms with E-state index in [1.54, 1.807) is 0 Å². The van der Waals surface area contributed by atoms with Gasteiger partial charge in [-0.15, -0.1) is 0 Å². The van der Waals surface area contributed by atoms with Crippen molar-refractivity contribution in [2.45, 2.75) is 45.6 Å². The van der Waals surface area contributed by atoms with Crippen molar-refractivity contribution >= 4 is 17.5 Å². The van der Waals surface area contributed by atoms with Gasteiger partial charge in [-0.2, -0.15) is 0 Å². The van der Waals surface area contributed by atoms with Crippen LogP contribution in [0.15, 0.2) is 24.3 Å². The molecule has 4 heteroatoms. The summed E-state index contributed by atoms with van der Waals surface area (Å²) in [4.78, 5) is 14.6. The third kappa shape index (κ3) is 5.62. The summed E-state index contributed by atoms with van der Waals surface area (Å²) in [6, 6.07) is 7.99. The van der Waals surface area contributed by atoms with Crippen LogP contribution in [0.4, 0.5) is 0 Å². The van der Waals surface area contributed by atoms with Crippen LogP contribution in [0.3, 0.4) is 0 Å². The molecule has 1 N–H and O–H groups in total. The number of amides is 1. The van der Waals surface area contributed by atoms with Crippen LogP contribution in [-0.4, -0.2) is 30.4 Å². The monoisotopic (exact) mass is 322 g/mol. The summed E-state index contributed by atoms with van der Waals surface area (Å²) in [5, 5.41) is 3.87. The summed E-state index contributed by atoms with van der Waals surface area (Å²) in [6.45, 7) is 5.78. The number of halogens is 1. The van der Waals surface area contributed by atoms with Crippen molar-refractivity contribution in [2.75, 3.05) is 19.6 Å². The van der Waals surface area contributed by atoms with Gasteiger partial charge in [-0.1, -0.05) is 43.5 Å². The van der Waals surface area contributed by atoms with E-state index < -0.39 is 0 Å². The Morgan fingerprint density at radius 2 is 2.27 bits per heavy atom. The second-order valence-corrected chi connectivity index (χ2v) is 6.64. The molecule has 1 aliphatic heterocycles. The molecule has 1 aliphatic rings. The standard InChI is InChI=1S/C18H27ClN2O/c1-2-3-4-10-20-18(22)16-8-6-11-21(14-16)13-15-7-5-9-17(19)12-15/h5,7,9,12,16H,2-4,6,8,10-11,13-14H2,1H3,(H,20,22). The van der Waals surface area contributed by atoms with Gasteiger partial charge in [-0.05, 0) is 43.5 Å². The maximum atomic E-state index is 12.3. The van der Waals surface area contributed by atoms with E-state index in [1.807, 2.05) is 18.2 Å². The number of carbonyl (C=O) groups is 1. The van der Waals surface area contributed by atoms with E-state index >= 15 is 0 Å². The molecule has 0 aliphatic carbocycles. The second kappa shape index (κ2) is 9.16. The molecule has 1 unspecified atom stereocenters. The number of rotatable bonds is 7. The van der Waals surface area contributed by atoms with Gasteiger partial charge in [-0.3, -0.25) is 9.69 Å². The molecule has 1 atom stereocenters. The number of hydrogen-bond acceptors (Lipinski definition) is 2. The van der Waals surface area contributed by atoms with Crippen LogP contribution in [0.2, 0.25) is 5.02 Å². The minimum Gasteiger partial charge on any atom is -0.356 e. The van der Waals surface area contributed by atoms with E-state index in [2.05, 4.69) is 23.2 Å². The highest BCUT2D eigenvalue weighted by Crippen LogP contribution is 2.20.